The lowest BCUT2D eigenvalue weighted by Crippen LogP contribution is -2.50. The van der Waals surface area contributed by atoms with Crippen molar-refractivity contribution < 1.29 is 9.47 Å². The molecule has 2 aromatic heterocycles. The average molecular weight is 486 g/mol. The second-order valence-corrected chi connectivity index (χ2v) is 11.8. The van der Waals surface area contributed by atoms with Crippen molar-refractivity contribution >= 4 is 27.4 Å². The Hall–Kier alpha value is -1.32. The fourth-order valence-electron chi connectivity index (χ4n) is 6.22. The monoisotopic (exact) mass is 485 g/mol. The molecule has 0 aromatic carbocycles. The molecule has 0 saturated carbocycles. The summed E-state index contributed by atoms with van der Waals surface area (Å²) in [5.74, 6) is 3.47. The third kappa shape index (κ3) is 4.85. The number of nitrogens with one attached hydrogen (secondary N) is 1. The number of nitrogens with zero attached hydrogens (tertiary/aromatic N) is 4. The van der Waals surface area contributed by atoms with Crippen LogP contribution < -0.4 is 5.32 Å². The van der Waals surface area contributed by atoms with Crippen LogP contribution in [0.5, 0.6) is 0 Å². The lowest BCUT2D eigenvalue weighted by Gasteiger charge is -2.37. The molecule has 34 heavy (non-hydrogen) atoms. The maximum atomic E-state index is 5.80. The maximum absolute atomic E-state index is 5.80. The van der Waals surface area contributed by atoms with Crippen molar-refractivity contribution in [2.24, 2.45) is 11.8 Å². The summed E-state index contributed by atoms with van der Waals surface area (Å²) in [5, 5.41) is 5.16. The van der Waals surface area contributed by atoms with E-state index in [2.05, 4.69) is 22.0 Å². The molecule has 0 radical (unpaired) electrons. The third-order valence-corrected chi connectivity index (χ3v) is 9.54. The fraction of sp³-hybridized carbons (Fsp3) is 0.769. The summed E-state index contributed by atoms with van der Waals surface area (Å²) >= 11 is 1.91. The normalized spacial score (nSPS) is 25.7. The highest BCUT2D eigenvalue weighted by Crippen LogP contribution is 2.40. The van der Waals surface area contributed by atoms with Crippen LogP contribution in [0.3, 0.4) is 0 Å². The van der Waals surface area contributed by atoms with Gasteiger partial charge in [0.15, 0.2) is 0 Å². The molecule has 6 rings (SSSR count). The van der Waals surface area contributed by atoms with Crippen molar-refractivity contribution in [3.05, 3.63) is 16.3 Å². The molecular formula is C26H39N5O2S. The first kappa shape index (κ1) is 23.1. The van der Waals surface area contributed by atoms with Gasteiger partial charge in [0.25, 0.3) is 0 Å². The van der Waals surface area contributed by atoms with E-state index in [0.29, 0.717) is 12.0 Å². The molecule has 0 amide bonds. The molecule has 1 aliphatic carbocycles. The lowest BCUT2D eigenvalue weighted by atomic mass is 9.96. The van der Waals surface area contributed by atoms with Gasteiger partial charge in [-0.05, 0) is 63.1 Å². The molecule has 8 heteroatoms. The van der Waals surface area contributed by atoms with Crippen LogP contribution in [-0.4, -0.2) is 85.0 Å². The van der Waals surface area contributed by atoms with E-state index in [1.54, 1.807) is 0 Å². The molecule has 2 unspecified atom stereocenters. The minimum atomic E-state index is 0.454. The molecule has 186 valence electrons. The molecule has 4 aliphatic rings. The van der Waals surface area contributed by atoms with Gasteiger partial charge in [-0.25, -0.2) is 9.97 Å². The van der Waals surface area contributed by atoms with Gasteiger partial charge >= 0.3 is 0 Å². The second-order valence-electron chi connectivity index (χ2n) is 10.7. The van der Waals surface area contributed by atoms with Gasteiger partial charge in [-0.3, -0.25) is 9.80 Å². The predicted molar refractivity (Wildman–Crippen MR) is 137 cm³/mol. The van der Waals surface area contributed by atoms with E-state index in [9.17, 15) is 0 Å². The molecule has 7 nitrogen and oxygen atoms in total. The first-order valence-corrected chi connectivity index (χ1v) is 14.2. The molecule has 1 N–H and O–H groups in total. The van der Waals surface area contributed by atoms with E-state index >= 15 is 0 Å². The third-order valence-electron chi connectivity index (χ3n) is 8.35. The van der Waals surface area contributed by atoms with E-state index in [1.807, 2.05) is 11.3 Å². The van der Waals surface area contributed by atoms with Gasteiger partial charge in [0, 0.05) is 43.1 Å². The Morgan fingerprint density at radius 1 is 1.03 bits per heavy atom. The highest BCUT2D eigenvalue weighted by molar-refractivity contribution is 7.19. The smallest absolute Gasteiger partial charge is 0.146 e. The van der Waals surface area contributed by atoms with Crippen LogP contribution in [-0.2, 0) is 28.9 Å². The van der Waals surface area contributed by atoms with Gasteiger partial charge in [-0.1, -0.05) is 6.92 Å². The summed E-state index contributed by atoms with van der Waals surface area (Å²) in [4.78, 5) is 18.1. The molecule has 5 heterocycles. The van der Waals surface area contributed by atoms with Crippen LogP contribution in [0.15, 0.2) is 0 Å². The standard InChI is InChI=1S/C26H39N5O2S/c1-18-5-8-30(9-6-18)16-23-28-25(24-20-3-2-4-22(20)34-26(24)29-23)27-15-21(19-7-12-33-17-19)31-10-13-32-14-11-31/h18-19,21H,2-17H2,1H3,(H,27,28,29). The van der Waals surface area contributed by atoms with Crippen molar-refractivity contribution in [3.8, 4) is 0 Å². The van der Waals surface area contributed by atoms with Crippen LogP contribution in [0.25, 0.3) is 10.2 Å². The highest BCUT2D eigenvalue weighted by Gasteiger charge is 2.32. The van der Waals surface area contributed by atoms with Gasteiger partial charge in [0.2, 0.25) is 0 Å². The largest absolute Gasteiger partial charge is 0.381 e. The Kier molecular flexibility index (Phi) is 7.03. The van der Waals surface area contributed by atoms with Gasteiger partial charge < -0.3 is 14.8 Å². The zero-order valence-electron chi connectivity index (χ0n) is 20.6. The number of rotatable bonds is 7. The van der Waals surface area contributed by atoms with Gasteiger partial charge in [0.05, 0.1) is 31.8 Å². The lowest BCUT2D eigenvalue weighted by molar-refractivity contribution is 0.00460. The Morgan fingerprint density at radius 2 is 1.88 bits per heavy atom. The predicted octanol–water partition coefficient (Wildman–Crippen LogP) is 3.56. The summed E-state index contributed by atoms with van der Waals surface area (Å²) in [6.07, 6.45) is 7.34. The number of piperidine rings is 1. The number of ether oxygens (including phenoxy) is 2. The summed E-state index contributed by atoms with van der Waals surface area (Å²) in [5.41, 5.74) is 1.51. The quantitative estimate of drug-likeness (QED) is 0.643. The van der Waals surface area contributed by atoms with Gasteiger partial charge in [-0.15, -0.1) is 11.3 Å². The average Bonchev–Trinajstić information content (AvgIpc) is 3.60. The molecule has 0 bridgehead atoms. The van der Waals surface area contributed by atoms with Crippen LogP contribution >= 0.6 is 11.3 Å². The minimum absolute atomic E-state index is 0.454. The number of hydrogen-bond donors (Lipinski definition) is 1. The molecular weight excluding hydrogens is 446 g/mol. The number of hydrogen-bond acceptors (Lipinski definition) is 8. The number of aromatic nitrogens is 2. The second kappa shape index (κ2) is 10.3. The number of likely N-dealkylation sites (tertiary alicyclic amines) is 1. The van der Waals surface area contributed by atoms with Crippen molar-refractivity contribution in [1.29, 1.82) is 0 Å². The van der Waals surface area contributed by atoms with E-state index < -0.39 is 0 Å². The summed E-state index contributed by atoms with van der Waals surface area (Å²) in [6.45, 7) is 11.9. The van der Waals surface area contributed by atoms with Gasteiger partial charge in [0.1, 0.15) is 16.5 Å². The first-order chi connectivity index (χ1) is 16.7. The Bertz CT molecular complexity index is 977. The van der Waals surface area contributed by atoms with E-state index in [-0.39, 0.29) is 0 Å². The zero-order chi connectivity index (χ0) is 22.9. The summed E-state index contributed by atoms with van der Waals surface area (Å²) in [6, 6.07) is 0.454. The molecule has 2 aromatic rings. The number of thiophene rings is 1. The maximum Gasteiger partial charge on any atom is 0.146 e. The van der Waals surface area contributed by atoms with Gasteiger partial charge in [-0.2, -0.15) is 0 Å². The van der Waals surface area contributed by atoms with E-state index in [0.717, 1.165) is 89.7 Å². The van der Waals surface area contributed by atoms with Crippen LogP contribution in [0.4, 0.5) is 5.82 Å². The molecule has 3 fully saturated rings. The molecule has 2 atom stereocenters. The summed E-state index contributed by atoms with van der Waals surface area (Å²) in [7, 11) is 0. The number of morpholine rings is 1. The first-order valence-electron chi connectivity index (χ1n) is 13.4. The molecule has 3 aliphatic heterocycles. The summed E-state index contributed by atoms with van der Waals surface area (Å²) < 4.78 is 11.4. The topological polar surface area (TPSA) is 62.8 Å². The van der Waals surface area contributed by atoms with Crippen LogP contribution in [0.2, 0.25) is 0 Å². The molecule has 0 spiro atoms. The van der Waals surface area contributed by atoms with Crippen molar-refractivity contribution in [1.82, 2.24) is 19.8 Å². The Labute approximate surface area is 207 Å². The number of fused-ring (bicyclic) bond motifs is 3. The minimum Gasteiger partial charge on any atom is -0.381 e. The van der Waals surface area contributed by atoms with Crippen molar-refractivity contribution in [3.63, 3.8) is 0 Å². The van der Waals surface area contributed by atoms with Crippen LogP contribution in [0, 0.1) is 11.8 Å². The van der Waals surface area contributed by atoms with Crippen molar-refractivity contribution in [2.75, 3.05) is 64.5 Å². The highest BCUT2D eigenvalue weighted by atomic mass is 32.1. The van der Waals surface area contributed by atoms with Crippen LogP contribution in [0.1, 0.15) is 48.9 Å². The number of anilines is 1. The SMILES string of the molecule is CC1CCN(Cc2nc(NCC(C3CCOC3)N3CCOCC3)c3c4c(sc3n2)CCC4)CC1. The van der Waals surface area contributed by atoms with Crippen molar-refractivity contribution in [2.45, 2.75) is 58.0 Å². The zero-order valence-corrected chi connectivity index (χ0v) is 21.4. The Morgan fingerprint density at radius 3 is 2.68 bits per heavy atom. The number of aryl methyl sites for hydroxylation is 2. The van der Waals surface area contributed by atoms with E-state index in [4.69, 9.17) is 19.4 Å². The Balaban J connectivity index is 1.26. The molecule has 3 saturated heterocycles. The fourth-order valence-corrected chi connectivity index (χ4v) is 7.50. The van der Waals surface area contributed by atoms with E-state index in [1.165, 1.54) is 52.8 Å².